The molecule has 0 radical (unpaired) electrons. The van der Waals surface area contributed by atoms with E-state index in [2.05, 4.69) is 19.2 Å². The highest BCUT2D eigenvalue weighted by molar-refractivity contribution is 6.30. The van der Waals surface area contributed by atoms with Crippen molar-refractivity contribution in [2.24, 2.45) is 5.92 Å². The van der Waals surface area contributed by atoms with E-state index >= 15 is 0 Å². The van der Waals surface area contributed by atoms with Crippen molar-refractivity contribution in [2.45, 2.75) is 26.8 Å². The summed E-state index contributed by atoms with van der Waals surface area (Å²) < 4.78 is 16.8. The monoisotopic (exact) mass is 510 g/mol. The predicted molar refractivity (Wildman–Crippen MR) is 135 cm³/mol. The predicted octanol–water partition coefficient (Wildman–Crippen LogP) is 4.90. The molecule has 3 aromatic rings. The second kappa shape index (κ2) is 11.3. The summed E-state index contributed by atoms with van der Waals surface area (Å²) >= 11 is 5.88. The van der Waals surface area contributed by atoms with Gasteiger partial charge in [-0.1, -0.05) is 25.4 Å². The number of hydrogen-bond acceptors (Lipinski definition) is 6. The molecule has 188 valence electrons. The van der Waals surface area contributed by atoms with Crippen molar-refractivity contribution >= 4 is 34.9 Å². The Morgan fingerprint density at radius 3 is 2.64 bits per heavy atom. The summed E-state index contributed by atoms with van der Waals surface area (Å²) in [5, 5.41) is 3.40. The van der Waals surface area contributed by atoms with E-state index in [9.17, 15) is 14.4 Å². The van der Waals surface area contributed by atoms with Crippen LogP contribution in [0.4, 0.5) is 5.69 Å². The van der Waals surface area contributed by atoms with E-state index in [1.807, 2.05) is 0 Å². The van der Waals surface area contributed by atoms with Crippen LogP contribution in [0.1, 0.15) is 46.9 Å². The lowest BCUT2D eigenvalue weighted by Crippen LogP contribution is -2.38. The first-order chi connectivity index (χ1) is 17.3. The number of carbonyl (C=O) groups excluding carboxylic acids is 3. The molecule has 0 aliphatic carbocycles. The van der Waals surface area contributed by atoms with Gasteiger partial charge in [0.25, 0.3) is 11.8 Å². The minimum Gasteiger partial charge on any atom is -0.485 e. The lowest BCUT2D eigenvalue weighted by atomic mass is 10.1. The van der Waals surface area contributed by atoms with E-state index in [4.69, 9.17) is 25.5 Å². The van der Waals surface area contributed by atoms with Gasteiger partial charge < -0.3 is 19.2 Å². The van der Waals surface area contributed by atoms with Gasteiger partial charge in [-0.3, -0.25) is 19.3 Å². The summed E-state index contributed by atoms with van der Waals surface area (Å²) in [7, 11) is 0. The molecular formula is C27H27ClN2O6. The summed E-state index contributed by atoms with van der Waals surface area (Å²) in [5.41, 5.74) is 0.818. The van der Waals surface area contributed by atoms with Gasteiger partial charge in [-0.15, -0.1) is 0 Å². The molecule has 0 bridgehead atoms. The molecule has 1 aliphatic heterocycles. The number of rotatable bonds is 10. The smallest absolute Gasteiger partial charge is 0.286 e. The van der Waals surface area contributed by atoms with Gasteiger partial charge in [0.05, 0.1) is 12.2 Å². The number of hydrogen-bond donors (Lipinski definition) is 1. The molecule has 2 heterocycles. The largest absolute Gasteiger partial charge is 0.485 e. The highest BCUT2D eigenvalue weighted by atomic mass is 35.5. The normalized spacial score (nSPS) is 12.8. The quantitative estimate of drug-likeness (QED) is 0.390. The van der Waals surface area contributed by atoms with Crippen LogP contribution in [0.5, 0.6) is 11.5 Å². The van der Waals surface area contributed by atoms with Crippen molar-refractivity contribution in [1.29, 1.82) is 0 Å². The van der Waals surface area contributed by atoms with Crippen LogP contribution >= 0.6 is 11.6 Å². The third kappa shape index (κ3) is 6.26. The van der Waals surface area contributed by atoms with Crippen molar-refractivity contribution in [1.82, 2.24) is 5.32 Å². The maximum atomic E-state index is 12.8. The first-order valence-corrected chi connectivity index (χ1v) is 12.0. The number of anilines is 1. The van der Waals surface area contributed by atoms with Crippen LogP contribution in [-0.4, -0.2) is 37.4 Å². The molecule has 0 unspecified atom stereocenters. The Bertz CT molecular complexity index is 1250. The second-order valence-electron chi connectivity index (χ2n) is 8.82. The Labute approximate surface area is 214 Å². The summed E-state index contributed by atoms with van der Waals surface area (Å²) in [6.07, 6.45) is 0.865. The highest BCUT2D eigenvalue weighted by Crippen LogP contribution is 2.34. The Hall–Kier alpha value is -3.78. The third-order valence-electron chi connectivity index (χ3n) is 5.61. The van der Waals surface area contributed by atoms with Crippen LogP contribution in [0.3, 0.4) is 0 Å². The number of furan rings is 1. The molecule has 8 nitrogen and oxygen atoms in total. The molecule has 1 aliphatic rings. The first kappa shape index (κ1) is 25.3. The fourth-order valence-electron chi connectivity index (χ4n) is 3.61. The van der Waals surface area contributed by atoms with Crippen molar-refractivity contribution in [2.75, 3.05) is 24.7 Å². The maximum absolute atomic E-state index is 12.8. The van der Waals surface area contributed by atoms with Crippen molar-refractivity contribution in [3.63, 3.8) is 0 Å². The molecule has 1 aromatic heterocycles. The van der Waals surface area contributed by atoms with Crippen LogP contribution in [0.2, 0.25) is 5.02 Å². The van der Waals surface area contributed by atoms with Crippen molar-refractivity contribution in [3.05, 3.63) is 76.7 Å². The van der Waals surface area contributed by atoms with Gasteiger partial charge >= 0.3 is 0 Å². The average molecular weight is 511 g/mol. The van der Waals surface area contributed by atoms with E-state index in [1.54, 1.807) is 54.6 Å². The first-order valence-electron chi connectivity index (χ1n) is 11.7. The third-order valence-corrected chi connectivity index (χ3v) is 5.87. The number of benzene rings is 2. The molecular weight excluding hydrogens is 484 g/mol. The van der Waals surface area contributed by atoms with Crippen LogP contribution in [0, 0.1) is 5.92 Å². The van der Waals surface area contributed by atoms with E-state index in [0.717, 1.165) is 6.42 Å². The van der Waals surface area contributed by atoms with Gasteiger partial charge in [0, 0.05) is 17.1 Å². The van der Waals surface area contributed by atoms with Crippen LogP contribution in [0.15, 0.2) is 59.0 Å². The molecule has 0 atom stereocenters. The van der Waals surface area contributed by atoms with Gasteiger partial charge in [0.15, 0.2) is 24.8 Å². The number of ketones is 1. The molecule has 1 N–H and O–H groups in total. The van der Waals surface area contributed by atoms with Gasteiger partial charge in [0.2, 0.25) is 0 Å². The number of amides is 2. The Morgan fingerprint density at radius 1 is 1.11 bits per heavy atom. The summed E-state index contributed by atoms with van der Waals surface area (Å²) in [6.45, 7) is 4.50. The second-order valence-corrected chi connectivity index (χ2v) is 9.26. The number of Topliss-reactive ketones (excluding diaryl/α,β-unsaturated/α-hetero) is 1. The maximum Gasteiger partial charge on any atom is 0.286 e. The topological polar surface area (TPSA) is 98.1 Å². The molecule has 0 spiro atoms. The zero-order valence-electron chi connectivity index (χ0n) is 20.1. The van der Waals surface area contributed by atoms with Crippen LogP contribution in [0.25, 0.3) is 0 Å². The van der Waals surface area contributed by atoms with Crippen LogP contribution < -0.4 is 19.7 Å². The van der Waals surface area contributed by atoms with E-state index in [1.165, 1.54) is 4.90 Å². The van der Waals surface area contributed by atoms with E-state index in [0.29, 0.717) is 46.0 Å². The number of ether oxygens (including phenoxy) is 2. The average Bonchev–Trinajstić information content (AvgIpc) is 3.33. The van der Waals surface area contributed by atoms with Gasteiger partial charge in [0.1, 0.15) is 17.3 Å². The number of nitrogens with one attached hydrogen (secondary N) is 1. The molecule has 0 fully saturated rings. The number of nitrogens with zero attached hydrogens (tertiary/aromatic N) is 1. The number of carbonyl (C=O) groups is 3. The lowest BCUT2D eigenvalue weighted by molar-refractivity contribution is -0.121. The van der Waals surface area contributed by atoms with Crippen molar-refractivity contribution < 1.29 is 28.3 Å². The molecule has 36 heavy (non-hydrogen) atoms. The van der Waals surface area contributed by atoms with Gasteiger partial charge in [-0.25, -0.2) is 0 Å². The Balaban J connectivity index is 1.45. The molecule has 9 heteroatoms. The van der Waals surface area contributed by atoms with Gasteiger partial charge in [-0.2, -0.15) is 0 Å². The number of fused-ring (bicyclic) bond motifs is 1. The Morgan fingerprint density at radius 2 is 1.89 bits per heavy atom. The summed E-state index contributed by atoms with van der Waals surface area (Å²) in [6, 6.07) is 14.8. The minimum atomic E-state index is -0.302. The Kier molecular flexibility index (Phi) is 7.95. The SMILES string of the molecule is CC(C)CCNC(=O)c1ccc(CN2C(=O)COc3ccc(C(=O)COc4ccc(Cl)cc4)cc32)o1. The van der Waals surface area contributed by atoms with E-state index in [-0.39, 0.29) is 43.1 Å². The standard InChI is InChI=1S/C27H27ClN2O6/c1-17(2)11-12-29-27(33)25-10-8-21(36-25)14-30-22-13-18(3-9-24(22)35-16-26(30)32)23(31)15-34-20-6-4-19(28)5-7-20/h3-10,13,17H,11-12,14-16H2,1-2H3,(H,29,33). The highest BCUT2D eigenvalue weighted by Gasteiger charge is 2.28. The summed E-state index contributed by atoms with van der Waals surface area (Å²) in [5.74, 6) is 1.24. The molecule has 4 rings (SSSR count). The summed E-state index contributed by atoms with van der Waals surface area (Å²) in [4.78, 5) is 39.3. The fraction of sp³-hybridized carbons (Fsp3) is 0.296. The number of halogens is 1. The van der Waals surface area contributed by atoms with Crippen molar-refractivity contribution in [3.8, 4) is 11.5 Å². The lowest BCUT2D eigenvalue weighted by Gasteiger charge is -2.29. The molecule has 0 saturated carbocycles. The van der Waals surface area contributed by atoms with E-state index < -0.39 is 0 Å². The van der Waals surface area contributed by atoms with Crippen LogP contribution in [-0.2, 0) is 11.3 Å². The zero-order valence-corrected chi connectivity index (χ0v) is 20.8. The fourth-order valence-corrected chi connectivity index (χ4v) is 3.74. The molecule has 2 amide bonds. The van der Waals surface area contributed by atoms with Gasteiger partial charge in [-0.05, 0) is 66.9 Å². The minimum absolute atomic E-state index is 0.0907. The zero-order chi connectivity index (χ0) is 25.7. The molecule has 2 aromatic carbocycles. The molecule has 0 saturated heterocycles.